The third-order valence-electron chi connectivity index (χ3n) is 5.14. The van der Waals surface area contributed by atoms with E-state index in [4.69, 9.17) is 0 Å². The lowest BCUT2D eigenvalue weighted by Crippen LogP contribution is -2.35. The Morgan fingerprint density at radius 3 is 2.87 bits per heavy atom. The fourth-order valence-electron chi connectivity index (χ4n) is 3.76. The minimum Gasteiger partial charge on any atom is -0.352 e. The van der Waals surface area contributed by atoms with Crippen molar-refractivity contribution in [1.82, 2.24) is 15.5 Å². The van der Waals surface area contributed by atoms with Crippen molar-refractivity contribution < 1.29 is 4.79 Å². The summed E-state index contributed by atoms with van der Waals surface area (Å²) >= 11 is 0. The molecule has 0 saturated carbocycles. The quantitative estimate of drug-likeness (QED) is 0.875. The van der Waals surface area contributed by atoms with Gasteiger partial charge in [0.25, 0.3) is 0 Å². The van der Waals surface area contributed by atoms with Crippen molar-refractivity contribution in [2.45, 2.75) is 39.3 Å². The van der Waals surface area contributed by atoms with Gasteiger partial charge in [0.05, 0.1) is 5.92 Å². The lowest BCUT2D eigenvalue weighted by Gasteiger charge is -2.31. The first-order chi connectivity index (χ1) is 11.2. The molecule has 4 heteroatoms. The van der Waals surface area contributed by atoms with E-state index in [0.717, 1.165) is 32.0 Å². The molecule has 2 atom stereocenters. The summed E-state index contributed by atoms with van der Waals surface area (Å²) in [7, 11) is 0. The van der Waals surface area contributed by atoms with Crippen molar-refractivity contribution in [2.24, 2.45) is 11.8 Å². The molecule has 0 spiro atoms. The van der Waals surface area contributed by atoms with Crippen LogP contribution in [0.1, 0.15) is 37.3 Å². The van der Waals surface area contributed by atoms with Crippen LogP contribution in [0.2, 0.25) is 0 Å². The van der Waals surface area contributed by atoms with Crippen LogP contribution in [0.4, 0.5) is 0 Å². The number of amides is 1. The fourth-order valence-corrected chi connectivity index (χ4v) is 3.76. The minimum atomic E-state index is 0.144. The van der Waals surface area contributed by atoms with Crippen molar-refractivity contribution in [3.8, 4) is 0 Å². The van der Waals surface area contributed by atoms with Gasteiger partial charge in [0.1, 0.15) is 0 Å². The average molecular weight is 315 g/mol. The van der Waals surface area contributed by atoms with E-state index in [1.807, 2.05) is 0 Å². The lowest BCUT2D eigenvalue weighted by molar-refractivity contribution is -0.124. The van der Waals surface area contributed by atoms with Gasteiger partial charge >= 0.3 is 0 Å². The maximum absolute atomic E-state index is 12.2. The first-order valence-corrected chi connectivity index (χ1v) is 9.00. The molecule has 2 heterocycles. The van der Waals surface area contributed by atoms with Crippen molar-refractivity contribution in [1.29, 1.82) is 0 Å². The Labute approximate surface area is 139 Å². The first kappa shape index (κ1) is 16.5. The molecule has 3 rings (SSSR count). The van der Waals surface area contributed by atoms with Gasteiger partial charge in [-0.25, -0.2) is 0 Å². The molecule has 0 aliphatic carbocycles. The molecule has 1 aromatic carbocycles. The molecule has 2 aliphatic rings. The van der Waals surface area contributed by atoms with E-state index in [1.54, 1.807) is 0 Å². The topological polar surface area (TPSA) is 44.4 Å². The molecule has 0 aromatic heterocycles. The Morgan fingerprint density at radius 1 is 1.30 bits per heavy atom. The third-order valence-corrected chi connectivity index (χ3v) is 5.14. The van der Waals surface area contributed by atoms with E-state index in [1.165, 1.54) is 37.1 Å². The van der Waals surface area contributed by atoms with E-state index in [2.05, 4.69) is 46.7 Å². The van der Waals surface area contributed by atoms with Crippen LogP contribution < -0.4 is 10.6 Å². The predicted octanol–water partition coefficient (Wildman–Crippen LogP) is 2.14. The van der Waals surface area contributed by atoms with Crippen molar-refractivity contribution >= 4 is 5.91 Å². The maximum atomic E-state index is 12.2. The number of piperidine rings is 1. The summed E-state index contributed by atoms with van der Waals surface area (Å²) < 4.78 is 0. The Balaban J connectivity index is 1.57. The fraction of sp³-hybridized carbons (Fsp3) is 0.632. The summed E-state index contributed by atoms with van der Waals surface area (Å²) in [6.07, 6.45) is 3.61. The molecule has 2 unspecified atom stereocenters. The number of nitrogens with zero attached hydrogens (tertiary/aromatic N) is 1. The number of likely N-dealkylation sites (tertiary alicyclic amines) is 1. The largest absolute Gasteiger partial charge is 0.352 e. The van der Waals surface area contributed by atoms with Crippen LogP contribution in [0.5, 0.6) is 0 Å². The molecular formula is C19H29N3O. The monoisotopic (exact) mass is 315 g/mol. The summed E-state index contributed by atoms with van der Waals surface area (Å²) in [5.41, 5.74) is 2.61. The molecule has 2 aliphatic heterocycles. The van der Waals surface area contributed by atoms with E-state index >= 15 is 0 Å². The minimum absolute atomic E-state index is 0.144. The average Bonchev–Trinajstić information content (AvgIpc) is 3.08. The molecular weight excluding hydrogens is 286 g/mol. The van der Waals surface area contributed by atoms with Gasteiger partial charge in [-0.15, -0.1) is 0 Å². The molecule has 2 saturated heterocycles. The molecule has 1 amide bonds. The first-order valence-electron chi connectivity index (χ1n) is 9.00. The van der Waals surface area contributed by atoms with Crippen LogP contribution in [0.15, 0.2) is 24.3 Å². The zero-order valence-corrected chi connectivity index (χ0v) is 14.2. The van der Waals surface area contributed by atoms with Crippen LogP contribution in [0, 0.1) is 11.8 Å². The molecule has 23 heavy (non-hydrogen) atoms. The number of benzene rings is 1. The van der Waals surface area contributed by atoms with Crippen molar-refractivity contribution in [3.05, 3.63) is 35.4 Å². The molecule has 0 bridgehead atoms. The number of carbonyl (C=O) groups is 1. The van der Waals surface area contributed by atoms with Gasteiger partial charge in [-0.2, -0.15) is 0 Å². The predicted molar refractivity (Wildman–Crippen MR) is 92.9 cm³/mol. The summed E-state index contributed by atoms with van der Waals surface area (Å²) in [4.78, 5) is 14.8. The van der Waals surface area contributed by atoms with E-state index < -0.39 is 0 Å². The number of nitrogens with one attached hydrogen (secondary N) is 2. The molecule has 2 fully saturated rings. The number of hydrogen-bond donors (Lipinski definition) is 2. The second-order valence-electron chi connectivity index (χ2n) is 7.16. The van der Waals surface area contributed by atoms with Crippen molar-refractivity contribution in [2.75, 3.05) is 26.2 Å². The number of carbonyl (C=O) groups excluding carboxylic acids is 1. The Morgan fingerprint density at radius 2 is 2.13 bits per heavy atom. The van der Waals surface area contributed by atoms with Crippen LogP contribution in [0.25, 0.3) is 0 Å². The van der Waals surface area contributed by atoms with Crippen LogP contribution >= 0.6 is 0 Å². The van der Waals surface area contributed by atoms with E-state index in [9.17, 15) is 4.79 Å². The lowest BCUT2D eigenvalue weighted by atomic mass is 9.99. The molecule has 2 N–H and O–H groups in total. The van der Waals surface area contributed by atoms with Gasteiger partial charge in [-0.05, 0) is 49.4 Å². The summed E-state index contributed by atoms with van der Waals surface area (Å²) in [6, 6.07) is 8.53. The highest BCUT2D eigenvalue weighted by Gasteiger charge is 2.22. The Kier molecular flexibility index (Phi) is 5.68. The highest BCUT2D eigenvalue weighted by Crippen LogP contribution is 2.19. The second kappa shape index (κ2) is 7.93. The van der Waals surface area contributed by atoms with Crippen LogP contribution in [-0.4, -0.2) is 37.0 Å². The zero-order valence-electron chi connectivity index (χ0n) is 14.2. The Hall–Kier alpha value is -1.39. The van der Waals surface area contributed by atoms with Gasteiger partial charge in [-0.1, -0.05) is 31.2 Å². The SMILES string of the molecule is CC1CCCN(Cc2ccccc2CNC(=O)C2CCNC2)C1. The summed E-state index contributed by atoms with van der Waals surface area (Å²) in [6.45, 7) is 8.15. The van der Waals surface area contributed by atoms with Gasteiger partial charge in [0.15, 0.2) is 0 Å². The van der Waals surface area contributed by atoms with Gasteiger partial charge < -0.3 is 10.6 Å². The standard InChI is InChI=1S/C19H29N3O/c1-15-5-4-10-22(13-15)14-18-7-3-2-6-16(18)12-21-19(23)17-8-9-20-11-17/h2-3,6-7,15,17,20H,4-5,8-14H2,1H3,(H,21,23). The van der Waals surface area contributed by atoms with Gasteiger partial charge in [0, 0.05) is 26.2 Å². The molecule has 4 nitrogen and oxygen atoms in total. The number of rotatable bonds is 5. The van der Waals surface area contributed by atoms with Gasteiger partial charge in [-0.3, -0.25) is 9.69 Å². The second-order valence-corrected chi connectivity index (χ2v) is 7.16. The smallest absolute Gasteiger partial charge is 0.224 e. The normalized spacial score (nSPS) is 25.4. The molecule has 126 valence electrons. The van der Waals surface area contributed by atoms with Crippen molar-refractivity contribution in [3.63, 3.8) is 0 Å². The van der Waals surface area contributed by atoms with E-state index in [0.29, 0.717) is 6.54 Å². The van der Waals surface area contributed by atoms with Gasteiger partial charge in [0.2, 0.25) is 5.91 Å². The highest BCUT2D eigenvalue weighted by molar-refractivity contribution is 5.79. The highest BCUT2D eigenvalue weighted by atomic mass is 16.1. The van der Waals surface area contributed by atoms with E-state index in [-0.39, 0.29) is 11.8 Å². The summed E-state index contributed by atoms with van der Waals surface area (Å²) in [5.74, 6) is 1.13. The summed E-state index contributed by atoms with van der Waals surface area (Å²) in [5, 5.41) is 6.38. The Bertz CT molecular complexity index is 525. The molecule has 1 aromatic rings. The van der Waals surface area contributed by atoms with Crippen LogP contribution in [-0.2, 0) is 17.9 Å². The zero-order chi connectivity index (χ0) is 16.1. The maximum Gasteiger partial charge on any atom is 0.224 e. The number of hydrogen-bond acceptors (Lipinski definition) is 3. The van der Waals surface area contributed by atoms with Crippen LogP contribution in [0.3, 0.4) is 0 Å². The molecule has 0 radical (unpaired) electrons. The third kappa shape index (κ3) is 4.55.